The molecule has 0 spiro atoms. The SMILES string of the molecule is CC(=O)[C@@]1(O)CC[C@H]2[C@@H]3CCC4=CC(=NOCC(=O)N[C@@H](C)C(=O)O)CC[C@]4(C)[C@H]3CC[C@@]21C. The molecule has 34 heavy (non-hydrogen) atoms. The molecule has 0 bridgehead atoms. The van der Waals surface area contributed by atoms with Crippen LogP contribution in [0.4, 0.5) is 0 Å². The van der Waals surface area contributed by atoms with Crippen LogP contribution in [0.3, 0.4) is 0 Å². The fourth-order valence-corrected chi connectivity index (χ4v) is 7.76. The van der Waals surface area contributed by atoms with Gasteiger partial charge in [-0.15, -0.1) is 0 Å². The van der Waals surface area contributed by atoms with Crippen molar-refractivity contribution in [2.75, 3.05) is 6.61 Å². The molecule has 4 rings (SSSR count). The molecule has 0 aromatic carbocycles. The van der Waals surface area contributed by atoms with Gasteiger partial charge in [0.25, 0.3) is 5.91 Å². The lowest BCUT2D eigenvalue weighted by Gasteiger charge is -2.59. The van der Waals surface area contributed by atoms with Crippen molar-refractivity contribution < 1.29 is 29.4 Å². The van der Waals surface area contributed by atoms with Crippen LogP contribution in [0.25, 0.3) is 0 Å². The highest BCUT2D eigenvalue weighted by Gasteiger charge is 2.65. The molecule has 3 saturated carbocycles. The number of allylic oxidation sites excluding steroid dienone is 2. The number of rotatable bonds is 6. The molecule has 0 radical (unpaired) electrons. The van der Waals surface area contributed by atoms with Crippen LogP contribution < -0.4 is 5.32 Å². The minimum atomic E-state index is -1.18. The fourth-order valence-electron chi connectivity index (χ4n) is 7.76. The van der Waals surface area contributed by atoms with Gasteiger partial charge in [0.2, 0.25) is 0 Å². The molecule has 3 fully saturated rings. The van der Waals surface area contributed by atoms with Gasteiger partial charge in [0.05, 0.1) is 5.71 Å². The second-order valence-corrected chi connectivity index (χ2v) is 11.4. The van der Waals surface area contributed by atoms with Crippen LogP contribution >= 0.6 is 0 Å². The summed E-state index contributed by atoms with van der Waals surface area (Å²) >= 11 is 0. The first kappa shape index (κ1) is 24.9. The first-order valence-electron chi connectivity index (χ1n) is 12.6. The van der Waals surface area contributed by atoms with E-state index < -0.39 is 23.5 Å². The summed E-state index contributed by atoms with van der Waals surface area (Å²) < 4.78 is 0. The van der Waals surface area contributed by atoms with E-state index in [9.17, 15) is 19.5 Å². The van der Waals surface area contributed by atoms with Crippen LogP contribution in [-0.4, -0.2) is 51.8 Å². The number of fused-ring (bicyclic) bond motifs is 5. The van der Waals surface area contributed by atoms with Crippen molar-refractivity contribution in [2.24, 2.45) is 33.7 Å². The molecule has 0 aromatic heterocycles. The van der Waals surface area contributed by atoms with Crippen LogP contribution in [-0.2, 0) is 19.2 Å². The van der Waals surface area contributed by atoms with Gasteiger partial charge in [-0.1, -0.05) is 24.6 Å². The van der Waals surface area contributed by atoms with Crippen LogP contribution in [0, 0.1) is 28.6 Å². The largest absolute Gasteiger partial charge is 0.480 e. The van der Waals surface area contributed by atoms with Gasteiger partial charge in [0, 0.05) is 5.41 Å². The van der Waals surface area contributed by atoms with E-state index in [1.807, 2.05) is 0 Å². The van der Waals surface area contributed by atoms with E-state index in [0.29, 0.717) is 24.2 Å². The molecule has 4 aliphatic carbocycles. The smallest absolute Gasteiger partial charge is 0.325 e. The normalized spacial score (nSPS) is 40.9. The highest BCUT2D eigenvalue weighted by Crippen LogP contribution is 2.67. The summed E-state index contributed by atoms with van der Waals surface area (Å²) in [6, 6.07) is -0.972. The number of Topliss-reactive ketones (excluding diaryl/α,β-unsaturated/α-hetero) is 1. The lowest BCUT2D eigenvalue weighted by Crippen LogP contribution is -2.57. The number of aliphatic hydroxyl groups is 1. The Morgan fingerprint density at radius 1 is 1.15 bits per heavy atom. The number of ketones is 1. The maximum absolute atomic E-state index is 12.4. The van der Waals surface area contributed by atoms with Gasteiger partial charge in [-0.25, -0.2) is 0 Å². The summed E-state index contributed by atoms with van der Waals surface area (Å²) in [7, 11) is 0. The van der Waals surface area contributed by atoms with Crippen LogP contribution in [0.5, 0.6) is 0 Å². The van der Waals surface area contributed by atoms with Gasteiger partial charge in [0.1, 0.15) is 11.6 Å². The first-order valence-corrected chi connectivity index (χ1v) is 12.6. The molecule has 7 atom stereocenters. The quantitative estimate of drug-likeness (QED) is 0.508. The molecule has 0 unspecified atom stereocenters. The number of hydrogen-bond donors (Lipinski definition) is 3. The van der Waals surface area contributed by atoms with Crippen molar-refractivity contribution in [1.82, 2.24) is 5.32 Å². The maximum atomic E-state index is 12.4. The third kappa shape index (κ3) is 3.88. The predicted molar refractivity (Wildman–Crippen MR) is 126 cm³/mol. The minimum absolute atomic E-state index is 0.0779. The van der Waals surface area contributed by atoms with Crippen molar-refractivity contribution in [3.63, 3.8) is 0 Å². The molecule has 0 aromatic rings. The Morgan fingerprint density at radius 3 is 2.53 bits per heavy atom. The van der Waals surface area contributed by atoms with Crippen molar-refractivity contribution in [3.05, 3.63) is 11.6 Å². The van der Waals surface area contributed by atoms with E-state index >= 15 is 0 Å². The highest BCUT2D eigenvalue weighted by atomic mass is 16.6. The maximum Gasteiger partial charge on any atom is 0.325 e. The molecular formula is C26H38N2O6. The molecular weight excluding hydrogens is 436 g/mol. The van der Waals surface area contributed by atoms with Crippen LogP contribution in [0.2, 0.25) is 0 Å². The highest BCUT2D eigenvalue weighted by molar-refractivity contribution is 5.96. The Kier molecular flexibility index (Phi) is 6.42. The zero-order valence-electron chi connectivity index (χ0n) is 20.7. The van der Waals surface area contributed by atoms with Crippen molar-refractivity contribution >= 4 is 23.4 Å². The molecule has 4 aliphatic rings. The first-order chi connectivity index (χ1) is 15.9. The lowest BCUT2D eigenvalue weighted by atomic mass is 9.46. The number of carboxylic acid groups (broad SMARTS) is 1. The monoisotopic (exact) mass is 474 g/mol. The molecule has 1 amide bonds. The zero-order valence-corrected chi connectivity index (χ0v) is 20.7. The summed E-state index contributed by atoms with van der Waals surface area (Å²) in [5.74, 6) is -0.264. The average molecular weight is 475 g/mol. The van der Waals surface area contributed by atoms with E-state index in [1.54, 1.807) is 6.92 Å². The van der Waals surface area contributed by atoms with Gasteiger partial charge < -0.3 is 20.4 Å². The van der Waals surface area contributed by atoms with E-state index in [2.05, 4.69) is 30.4 Å². The molecule has 0 aliphatic heterocycles. The van der Waals surface area contributed by atoms with Gasteiger partial charge in [-0.2, -0.15) is 0 Å². The summed E-state index contributed by atoms with van der Waals surface area (Å²) in [6.07, 6.45) is 9.29. The van der Waals surface area contributed by atoms with E-state index in [1.165, 1.54) is 12.5 Å². The van der Waals surface area contributed by atoms with Crippen LogP contribution in [0.15, 0.2) is 16.8 Å². The number of nitrogens with one attached hydrogen (secondary N) is 1. The Bertz CT molecular complexity index is 944. The molecule has 8 nitrogen and oxygen atoms in total. The third-order valence-corrected chi connectivity index (χ3v) is 9.84. The van der Waals surface area contributed by atoms with E-state index in [4.69, 9.17) is 9.94 Å². The molecule has 0 heterocycles. The summed E-state index contributed by atoms with van der Waals surface area (Å²) in [4.78, 5) is 40.3. The number of amides is 1. The molecule has 3 N–H and O–H groups in total. The lowest BCUT2D eigenvalue weighted by molar-refractivity contribution is -0.159. The molecule has 188 valence electrons. The second-order valence-electron chi connectivity index (χ2n) is 11.4. The summed E-state index contributed by atoms with van der Waals surface area (Å²) in [5, 5.41) is 26.7. The van der Waals surface area contributed by atoms with Crippen LogP contribution in [0.1, 0.15) is 79.1 Å². The minimum Gasteiger partial charge on any atom is -0.480 e. The Morgan fingerprint density at radius 2 is 1.85 bits per heavy atom. The number of carbonyl (C=O) groups excluding carboxylic acids is 2. The Hall–Kier alpha value is -2.22. The zero-order chi connectivity index (χ0) is 24.9. The fraction of sp³-hybridized carbons (Fsp3) is 0.769. The van der Waals surface area contributed by atoms with Gasteiger partial charge >= 0.3 is 5.97 Å². The number of carbonyl (C=O) groups is 3. The van der Waals surface area contributed by atoms with Crippen molar-refractivity contribution in [1.29, 1.82) is 0 Å². The Labute approximate surface area is 201 Å². The topological polar surface area (TPSA) is 125 Å². The number of hydrogen-bond acceptors (Lipinski definition) is 6. The van der Waals surface area contributed by atoms with E-state index in [-0.39, 0.29) is 23.2 Å². The van der Waals surface area contributed by atoms with Gasteiger partial charge in [-0.05, 0) is 94.5 Å². The number of aliphatic carboxylic acids is 1. The summed E-state index contributed by atoms with van der Waals surface area (Å²) in [6.45, 7) is 7.14. The standard InChI is InChI=1S/C26H38N2O6/c1-15(23(31)32)27-22(30)14-34-28-18-7-10-24(3)17(13-18)5-6-19-20(24)8-11-25(4)21(19)9-12-26(25,33)16(2)29/h13,15,19-21,33H,5-12,14H2,1-4H3,(H,27,30)(H,31,32)/t15-,19+,20-,21-,24-,25-,26-/m0/s1. The number of oxime groups is 1. The summed E-state index contributed by atoms with van der Waals surface area (Å²) in [5.41, 5.74) is 0.768. The van der Waals surface area contributed by atoms with Gasteiger partial charge in [0.15, 0.2) is 12.4 Å². The Balaban J connectivity index is 1.44. The van der Waals surface area contributed by atoms with E-state index in [0.717, 1.165) is 50.7 Å². The number of carboxylic acids is 1. The predicted octanol–water partition coefficient (Wildman–Crippen LogP) is 3.23. The third-order valence-electron chi connectivity index (χ3n) is 9.84. The number of nitrogens with zero attached hydrogens (tertiary/aromatic N) is 1. The average Bonchev–Trinajstić information content (AvgIpc) is 3.06. The molecule has 0 saturated heterocycles. The molecule has 8 heteroatoms. The van der Waals surface area contributed by atoms with Crippen molar-refractivity contribution in [2.45, 2.75) is 90.7 Å². The van der Waals surface area contributed by atoms with Gasteiger partial charge in [-0.3, -0.25) is 14.4 Å². The van der Waals surface area contributed by atoms with Crippen molar-refractivity contribution in [3.8, 4) is 0 Å². The second kappa shape index (κ2) is 8.77.